The Bertz CT molecular complexity index is 974. The van der Waals surface area contributed by atoms with Crippen molar-refractivity contribution in [2.24, 2.45) is 4.40 Å². The highest BCUT2D eigenvalue weighted by Gasteiger charge is 2.13. The average molecular weight is 346 g/mol. The summed E-state index contributed by atoms with van der Waals surface area (Å²) in [7, 11) is -2.19. The Morgan fingerprint density at radius 3 is 2.48 bits per heavy atom. The molecule has 0 saturated carbocycles. The predicted molar refractivity (Wildman–Crippen MR) is 89.4 cm³/mol. The Kier molecular flexibility index (Phi) is 4.31. The number of methoxy groups -OCH3 is 1. The van der Waals surface area contributed by atoms with Gasteiger partial charge in [-0.2, -0.15) is 8.42 Å². The Balaban J connectivity index is 2.15. The van der Waals surface area contributed by atoms with Gasteiger partial charge in [-0.15, -0.1) is 15.7 Å². The molecule has 0 aliphatic carbocycles. The van der Waals surface area contributed by atoms with Crippen molar-refractivity contribution in [2.75, 3.05) is 7.11 Å². The standard InChI is InChI=1S/C16H14N2O3S2/c1-21-15-10-6-5-9-14(15)18-11-12-22-16(18)17-23(19,20)13-7-3-2-4-8-13/h2-12H,1H3/b17-16+. The number of nitrogens with zero attached hydrogens (tertiary/aromatic N) is 2. The molecule has 0 N–H and O–H groups in total. The van der Waals surface area contributed by atoms with Crippen LogP contribution in [0.3, 0.4) is 0 Å². The first kappa shape index (κ1) is 15.5. The molecule has 1 heterocycles. The molecule has 3 rings (SSSR count). The maximum absolute atomic E-state index is 12.4. The Labute approximate surface area is 138 Å². The van der Waals surface area contributed by atoms with E-state index in [2.05, 4.69) is 4.40 Å². The zero-order valence-electron chi connectivity index (χ0n) is 12.3. The average Bonchev–Trinajstić information content (AvgIpc) is 3.03. The van der Waals surface area contributed by atoms with E-state index in [1.54, 1.807) is 41.5 Å². The second kappa shape index (κ2) is 6.39. The zero-order chi connectivity index (χ0) is 16.3. The monoisotopic (exact) mass is 346 g/mol. The van der Waals surface area contributed by atoms with Crippen molar-refractivity contribution < 1.29 is 13.2 Å². The molecule has 0 spiro atoms. The third kappa shape index (κ3) is 3.20. The molecule has 2 aromatic carbocycles. The van der Waals surface area contributed by atoms with Crippen molar-refractivity contribution >= 4 is 21.4 Å². The number of para-hydroxylation sites is 2. The first-order valence-electron chi connectivity index (χ1n) is 6.77. The third-order valence-electron chi connectivity index (χ3n) is 3.17. The van der Waals surface area contributed by atoms with Crippen LogP contribution < -0.4 is 9.54 Å². The number of hydrogen-bond acceptors (Lipinski definition) is 4. The van der Waals surface area contributed by atoms with Crippen molar-refractivity contribution in [3.63, 3.8) is 0 Å². The lowest BCUT2D eigenvalue weighted by Gasteiger charge is -2.08. The molecule has 0 saturated heterocycles. The summed E-state index contributed by atoms with van der Waals surface area (Å²) in [5.41, 5.74) is 0.735. The molecular weight excluding hydrogens is 332 g/mol. The van der Waals surface area contributed by atoms with E-state index in [1.165, 1.54) is 23.5 Å². The maximum atomic E-state index is 12.4. The molecule has 0 amide bonds. The number of aromatic nitrogens is 1. The van der Waals surface area contributed by atoms with Crippen LogP contribution in [0.25, 0.3) is 5.69 Å². The molecule has 0 unspecified atom stereocenters. The Morgan fingerprint density at radius 1 is 1.04 bits per heavy atom. The molecule has 0 radical (unpaired) electrons. The van der Waals surface area contributed by atoms with E-state index in [-0.39, 0.29) is 4.90 Å². The molecule has 7 heteroatoms. The van der Waals surface area contributed by atoms with Gasteiger partial charge in [0.2, 0.25) is 4.80 Å². The van der Waals surface area contributed by atoms with Crippen LogP contribution in [0.4, 0.5) is 0 Å². The van der Waals surface area contributed by atoms with Crippen molar-refractivity contribution in [3.8, 4) is 11.4 Å². The molecule has 118 valence electrons. The number of hydrogen-bond donors (Lipinski definition) is 0. The fourth-order valence-corrected chi connectivity index (χ4v) is 4.04. The van der Waals surface area contributed by atoms with Crippen LogP contribution >= 0.6 is 11.3 Å². The summed E-state index contributed by atoms with van der Waals surface area (Å²) in [6.45, 7) is 0. The van der Waals surface area contributed by atoms with Crippen LogP contribution in [-0.4, -0.2) is 20.1 Å². The summed E-state index contributed by atoms with van der Waals surface area (Å²) in [5, 5.41) is 1.78. The minimum atomic E-state index is -3.76. The highest BCUT2D eigenvalue weighted by Crippen LogP contribution is 2.21. The smallest absolute Gasteiger partial charge is 0.285 e. The number of rotatable bonds is 4. The fraction of sp³-hybridized carbons (Fsp3) is 0.0625. The van der Waals surface area contributed by atoms with E-state index < -0.39 is 10.0 Å². The van der Waals surface area contributed by atoms with Gasteiger partial charge in [0.05, 0.1) is 17.7 Å². The summed E-state index contributed by atoms with van der Waals surface area (Å²) >= 11 is 1.25. The van der Waals surface area contributed by atoms with Crippen molar-refractivity contribution in [1.29, 1.82) is 0 Å². The quantitative estimate of drug-likeness (QED) is 0.730. The van der Waals surface area contributed by atoms with Crippen LogP contribution in [0.1, 0.15) is 0 Å². The minimum absolute atomic E-state index is 0.167. The first-order chi connectivity index (χ1) is 11.1. The van der Waals surface area contributed by atoms with Crippen molar-refractivity contribution in [1.82, 2.24) is 4.57 Å². The molecular formula is C16H14N2O3S2. The second-order valence-electron chi connectivity index (χ2n) is 4.61. The van der Waals surface area contributed by atoms with E-state index in [4.69, 9.17) is 4.74 Å². The van der Waals surface area contributed by atoms with Crippen LogP contribution in [-0.2, 0) is 10.0 Å². The molecule has 5 nitrogen and oxygen atoms in total. The molecule has 3 aromatic rings. The van der Waals surface area contributed by atoms with E-state index in [1.807, 2.05) is 24.3 Å². The van der Waals surface area contributed by atoms with Gasteiger partial charge in [-0.05, 0) is 24.3 Å². The van der Waals surface area contributed by atoms with Gasteiger partial charge < -0.3 is 4.74 Å². The molecule has 0 aliphatic heterocycles. The SMILES string of the molecule is COc1ccccc1-n1ccs/c1=N/S(=O)(=O)c1ccccc1. The van der Waals surface area contributed by atoms with Crippen LogP contribution in [0.15, 0.2) is 75.5 Å². The second-order valence-corrected chi connectivity index (χ2v) is 7.08. The summed E-state index contributed by atoms with van der Waals surface area (Å²) in [5.74, 6) is 0.643. The number of sulfonamides is 1. The fourth-order valence-electron chi connectivity index (χ4n) is 2.10. The van der Waals surface area contributed by atoms with E-state index >= 15 is 0 Å². The lowest BCUT2D eigenvalue weighted by molar-refractivity contribution is 0.412. The van der Waals surface area contributed by atoms with E-state index in [0.717, 1.165) is 5.69 Å². The van der Waals surface area contributed by atoms with Crippen molar-refractivity contribution in [3.05, 3.63) is 71.0 Å². The molecule has 0 bridgehead atoms. The van der Waals surface area contributed by atoms with Gasteiger partial charge in [-0.1, -0.05) is 30.3 Å². The van der Waals surface area contributed by atoms with Gasteiger partial charge >= 0.3 is 0 Å². The number of ether oxygens (including phenoxy) is 1. The predicted octanol–water partition coefficient (Wildman–Crippen LogP) is 2.84. The van der Waals surface area contributed by atoms with Crippen LogP contribution in [0.5, 0.6) is 5.75 Å². The highest BCUT2D eigenvalue weighted by atomic mass is 32.2. The topological polar surface area (TPSA) is 60.7 Å². The van der Waals surface area contributed by atoms with Crippen LogP contribution in [0, 0.1) is 0 Å². The summed E-state index contributed by atoms with van der Waals surface area (Å²) in [6, 6.07) is 15.5. The highest BCUT2D eigenvalue weighted by molar-refractivity contribution is 7.90. The zero-order valence-corrected chi connectivity index (χ0v) is 13.9. The molecule has 23 heavy (non-hydrogen) atoms. The first-order valence-corrected chi connectivity index (χ1v) is 9.09. The molecule has 0 fully saturated rings. The normalized spacial score (nSPS) is 12.3. The van der Waals surface area contributed by atoms with Crippen molar-refractivity contribution in [2.45, 2.75) is 4.90 Å². The largest absolute Gasteiger partial charge is 0.495 e. The Morgan fingerprint density at radius 2 is 1.74 bits per heavy atom. The Hall–Kier alpha value is -2.38. The lowest BCUT2D eigenvalue weighted by Crippen LogP contribution is -2.15. The summed E-state index contributed by atoms with van der Waals surface area (Å²) in [4.78, 5) is 0.526. The van der Waals surface area contributed by atoms with Gasteiger partial charge in [0.15, 0.2) is 0 Å². The van der Waals surface area contributed by atoms with E-state index in [0.29, 0.717) is 10.6 Å². The molecule has 1 aromatic heterocycles. The van der Waals surface area contributed by atoms with Crippen LogP contribution in [0.2, 0.25) is 0 Å². The third-order valence-corrected chi connectivity index (χ3v) is 5.33. The van der Waals surface area contributed by atoms with Gasteiger partial charge in [-0.25, -0.2) is 0 Å². The molecule has 0 aliphatic rings. The van der Waals surface area contributed by atoms with E-state index in [9.17, 15) is 8.42 Å². The van der Waals surface area contributed by atoms with Gasteiger partial charge in [0.1, 0.15) is 5.75 Å². The summed E-state index contributed by atoms with van der Waals surface area (Å²) < 4.78 is 35.9. The van der Waals surface area contributed by atoms with Gasteiger partial charge in [-0.3, -0.25) is 4.57 Å². The van der Waals surface area contributed by atoms with Gasteiger partial charge in [0, 0.05) is 11.6 Å². The summed E-state index contributed by atoms with van der Waals surface area (Å²) in [6.07, 6.45) is 1.77. The lowest BCUT2D eigenvalue weighted by atomic mass is 10.3. The van der Waals surface area contributed by atoms with Gasteiger partial charge in [0.25, 0.3) is 10.0 Å². The number of thiazole rings is 1. The maximum Gasteiger partial charge on any atom is 0.285 e. The molecule has 0 atom stereocenters. The minimum Gasteiger partial charge on any atom is -0.495 e. The number of benzene rings is 2.